The van der Waals surface area contributed by atoms with E-state index < -0.39 is 0 Å². The molecule has 1 aromatic heterocycles. The Morgan fingerprint density at radius 3 is 2.33 bits per heavy atom. The Balaban J connectivity index is 1.67. The molecule has 1 amide bonds. The van der Waals surface area contributed by atoms with Crippen LogP contribution in [0.3, 0.4) is 0 Å². The number of aryl methyl sites for hydroxylation is 4. The molecule has 0 bridgehead atoms. The molecule has 0 radical (unpaired) electrons. The fourth-order valence-corrected chi connectivity index (χ4v) is 4.81. The van der Waals surface area contributed by atoms with E-state index in [0.29, 0.717) is 16.1 Å². The molecule has 33 heavy (non-hydrogen) atoms. The molecule has 1 N–H and O–H groups in total. The largest absolute Gasteiger partial charge is 0.325 e. The average Bonchev–Trinajstić information content (AvgIpc) is 2.80. The lowest BCUT2D eigenvalue weighted by Crippen LogP contribution is -2.23. The second-order valence-corrected chi connectivity index (χ2v) is 9.13. The van der Waals surface area contributed by atoms with Gasteiger partial charge in [0, 0.05) is 5.69 Å². The number of hydrogen-bond donors (Lipinski definition) is 1. The molecule has 0 aliphatic rings. The van der Waals surface area contributed by atoms with Gasteiger partial charge in [-0.05, 0) is 68.1 Å². The standard InChI is InChI=1S/C27H27N3O2S/c1-5-20-10-12-21(13-11-20)30-26(32)22-8-6-7-9-23(22)28-27(30)33-16-24(31)29-25-18(3)14-17(2)15-19(25)4/h6-15H,5,16H2,1-4H3,(H,29,31). The Morgan fingerprint density at radius 1 is 1.00 bits per heavy atom. The van der Waals surface area contributed by atoms with Gasteiger partial charge in [-0.15, -0.1) is 0 Å². The van der Waals surface area contributed by atoms with Gasteiger partial charge in [-0.2, -0.15) is 0 Å². The SMILES string of the molecule is CCc1ccc(-n2c(SCC(=O)Nc3c(C)cc(C)cc3C)nc3ccccc3c2=O)cc1. The van der Waals surface area contributed by atoms with Crippen molar-refractivity contribution in [3.05, 3.63) is 93.3 Å². The van der Waals surface area contributed by atoms with Crippen molar-refractivity contribution in [3.63, 3.8) is 0 Å². The fourth-order valence-electron chi connectivity index (χ4n) is 4.00. The maximum atomic E-state index is 13.4. The minimum atomic E-state index is -0.141. The summed E-state index contributed by atoms with van der Waals surface area (Å²) in [7, 11) is 0. The molecule has 0 fully saturated rings. The van der Waals surface area contributed by atoms with Crippen LogP contribution in [-0.4, -0.2) is 21.2 Å². The zero-order valence-electron chi connectivity index (χ0n) is 19.3. The molecule has 168 valence electrons. The van der Waals surface area contributed by atoms with E-state index in [1.807, 2.05) is 63.2 Å². The van der Waals surface area contributed by atoms with Crippen LogP contribution in [0.5, 0.6) is 0 Å². The number of nitrogens with one attached hydrogen (secondary N) is 1. The van der Waals surface area contributed by atoms with E-state index >= 15 is 0 Å². The maximum absolute atomic E-state index is 13.4. The Hall–Kier alpha value is -3.38. The van der Waals surface area contributed by atoms with Gasteiger partial charge in [0.05, 0.1) is 22.3 Å². The molecule has 0 spiro atoms. The Bertz CT molecular complexity index is 1370. The predicted octanol–water partition coefficient (Wildman–Crippen LogP) is 5.60. The summed E-state index contributed by atoms with van der Waals surface area (Å²) in [6.45, 7) is 8.12. The van der Waals surface area contributed by atoms with E-state index in [-0.39, 0.29) is 17.2 Å². The van der Waals surface area contributed by atoms with Crippen molar-refractivity contribution in [2.24, 2.45) is 0 Å². The van der Waals surface area contributed by atoms with Crippen LogP contribution < -0.4 is 10.9 Å². The number of aromatic nitrogens is 2. The summed E-state index contributed by atoms with van der Waals surface area (Å²) in [5, 5.41) is 4.08. The van der Waals surface area contributed by atoms with Crippen LogP contribution in [0.25, 0.3) is 16.6 Å². The second kappa shape index (κ2) is 9.63. The van der Waals surface area contributed by atoms with Crippen LogP contribution in [0.2, 0.25) is 0 Å². The minimum absolute atomic E-state index is 0.134. The number of benzene rings is 3. The summed E-state index contributed by atoms with van der Waals surface area (Å²) in [5.74, 6) is 0.00949. The summed E-state index contributed by atoms with van der Waals surface area (Å²) in [5.41, 5.74) is 6.47. The highest BCUT2D eigenvalue weighted by atomic mass is 32.2. The Morgan fingerprint density at radius 2 is 1.67 bits per heavy atom. The third-order valence-corrected chi connectivity index (χ3v) is 6.56. The number of anilines is 1. The van der Waals surface area contributed by atoms with Gasteiger partial charge >= 0.3 is 0 Å². The molecule has 0 saturated heterocycles. The van der Waals surface area contributed by atoms with E-state index in [4.69, 9.17) is 4.98 Å². The molecular formula is C27H27N3O2S. The summed E-state index contributed by atoms with van der Waals surface area (Å²) < 4.78 is 1.60. The summed E-state index contributed by atoms with van der Waals surface area (Å²) >= 11 is 1.26. The Kier molecular flexibility index (Phi) is 6.65. The monoisotopic (exact) mass is 457 g/mol. The van der Waals surface area contributed by atoms with Crippen molar-refractivity contribution in [2.75, 3.05) is 11.1 Å². The topological polar surface area (TPSA) is 64.0 Å². The molecule has 4 aromatic rings. The zero-order chi connectivity index (χ0) is 23.5. The zero-order valence-corrected chi connectivity index (χ0v) is 20.1. The van der Waals surface area contributed by atoms with Gasteiger partial charge < -0.3 is 5.32 Å². The van der Waals surface area contributed by atoms with E-state index in [2.05, 4.69) is 24.4 Å². The van der Waals surface area contributed by atoms with Crippen LogP contribution in [0, 0.1) is 20.8 Å². The Labute approximate surface area is 197 Å². The number of carbonyl (C=O) groups is 1. The highest BCUT2D eigenvalue weighted by molar-refractivity contribution is 7.99. The lowest BCUT2D eigenvalue weighted by Gasteiger charge is -2.15. The molecular weight excluding hydrogens is 430 g/mol. The molecule has 4 rings (SSSR count). The lowest BCUT2D eigenvalue weighted by molar-refractivity contribution is -0.113. The van der Waals surface area contributed by atoms with Gasteiger partial charge in [0.25, 0.3) is 5.56 Å². The van der Waals surface area contributed by atoms with Crippen molar-refractivity contribution >= 4 is 34.3 Å². The van der Waals surface area contributed by atoms with Crippen molar-refractivity contribution in [1.82, 2.24) is 9.55 Å². The predicted molar refractivity (Wildman–Crippen MR) is 137 cm³/mol. The smallest absolute Gasteiger partial charge is 0.266 e. The molecule has 0 atom stereocenters. The van der Waals surface area contributed by atoms with Crippen molar-refractivity contribution in [3.8, 4) is 5.69 Å². The first-order valence-electron chi connectivity index (χ1n) is 11.0. The van der Waals surface area contributed by atoms with Gasteiger partial charge in [-0.1, -0.05) is 60.6 Å². The van der Waals surface area contributed by atoms with Crippen LogP contribution in [-0.2, 0) is 11.2 Å². The first kappa shape index (κ1) is 22.8. The van der Waals surface area contributed by atoms with Gasteiger partial charge in [0.2, 0.25) is 5.91 Å². The number of para-hydroxylation sites is 1. The number of hydrogen-bond acceptors (Lipinski definition) is 4. The van der Waals surface area contributed by atoms with Crippen LogP contribution in [0.4, 0.5) is 5.69 Å². The molecule has 3 aromatic carbocycles. The fraction of sp³-hybridized carbons (Fsp3) is 0.222. The summed E-state index contributed by atoms with van der Waals surface area (Å²) in [4.78, 5) is 30.9. The van der Waals surface area contributed by atoms with Crippen LogP contribution in [0.15, 0.2) is 70.6 Å². The van der Waals surface area contributed by atoms with Crippen LogP contribution in [0.1, 0.15) is 29.2 Å². The highest BCUT2D eigenvalue weighted by Crippen LogP contribution is 2.24. The minimum Gasteiger partial charge on any atom is -0.325 e. The van der Waals surface area contributed by atoms with Crippen molar-refractivity contribution in [2.45, 2.75) is 39.3 Å². The molecule has 1 heterocycles. The number of carbonyl (C=O) groups excluding carboxylic acids is 1. The molecule has 6 heteroatoms. The number of rotatable bonds is 6. The average molecular weight is 458 g/mol. The molecule has 0 saturated carbocycles. The third-order valence-electron chi connectivity index (χ3n) is 5.62. The number of amides is 1. The molecule has 0 unspecified atom stereocenters. The first-order chi connectivity index (χ1) is 15.9. The maximum Gasteiger partial charge on any atom is 0.266 e. The number of nitrogens with zero attached hydrogens (tertiary/aromatic N) is 2. The van der Waals surface area contributed by atoms with E-state index in [1.165, 1.54) is 17.3 Å². The highest BCUT2D eigenvalue weighted by Gasteiger charge is 2.16. The van der Waals surface area contributed by atoms with E-state index in [0.717, 1.165) is 34.5 Å². The van der Waals surface area contributed by atoms with Gasteiger partial charge in [0.1, 0.15) is 0 Å². The number of fused-ring (bicyclic) bond motifs is 1. The van der Waals surface area contributed by atoms with E-state index in [1.54, 1.807) is 10.6 Å². The quantitative estimate of drug-likeness (QED) is 0.302. The molecule has 0 aliphatic heterocycles. The van der Waals surface area contributed by atoms with Crippen LogP contribution >= 0.6 is 11.8 Å². The van der Waals surface area contributed by atoms with Crippen molar-refractivity contribution < 1.29 is 4.79 Å². The van der Waals surface area contributed by atoms with Gasteiger partial charge in [0.15, 0.2) is 5.16 Å². The first-order valence-corrected chi connectivity index (χ1v) is 12.0. The normalized spacial score (nSPS) is 11.0. The molecule has 0 aliphatic carbocycles. The third kappa shape index (κ3) is 4.86. The summed E-state index contributed by atoms with van der Waals surface area (Å²) in [6, 6.07) is 19.3. The van der Waals surface area contributed by atoms with Gasteiger partial charge in [-0.25, -0.2) is 4.98 Å². The second-order valence-electron chi connectivity index (χ2n) is 8.18. The lowest BCUT2D eigenvalue weighted by atomic mass is 10.1. The number of thioether (sulfide) groups is 1. The van der Waals surface area contributed by atoms with E-state index in [9.17, 15) is 9.59 Å². The van der Waals surface area contributed by atoms with Gasteiger partial charge in [-0.3, -0.25) is 14.2 Å². The van der Waals surface area contributed by atoms with Crippen molar-refractivity contribution in [1.29, 1.82) is 0 Å². The molecule has 5 nitrogen and oxygen atoms in total. The summed E-state index contributed by atoms with van der Waals surface area (Å²) in [6.07, 6.45) is 0.921.